The van der Waals surface area contributed by atoms with Gasteiger partial charge in [-0.2, -0.15) is 0 Å². The average Bonchev–Trinajstić information content (AvgIpc) is 2.84. The Labute approximate surface area is 125 Å². The summed E-state index contributed by atoms with van der Waals surface area (Å²) in [7, 11) is 0. The van der Waals surface area contributed by atoms with Gasteiger partial charge in [0.1, 0.15) is 5.01 Å². The van der Waals surface area contributed by atoms with E-state index in [1.807, 2.05) is 18.2 Å². The van der Waals surface area contributed by atoms with Crippen LogP contribution in [-0.4, -0.2) is 11.5 Å². The number of benzene rings is 1. The lowest BCUT2D eigenvalue weighted by Gasteiger charge is -2.22. The van der Waals surface area contributed by atoms with Crippen molar-refractivity contribution in [1.82, 2.24) is 4.98 Å². The second-order valence-corrected chi connectivity index (χ2v) is 6.93. The number of nitrogens with two attached hydrogens (primary N) is 1. The van der Waals surface area contributed by atoms with Crippen molar-refractivity contribution in [3.63, 3.8) is 0 Å². The first-order valence-corrected chi connectivity index (χ1v) is 7.83. The van der Waals surface area contributed by atoms with Gasteiger partial charge in [-0.25, -0.2) is 4.98 Å². The van der Waals surface area contributed by atoms with E-state index in [1.54, 1.807) is 11.3 Å². The van der Waals surface area contributed by atoms with Crippen molar-refractivity contribution >= 4 is 22.7 Å². The first kappa shape index (κ1) is 14.9. The Balaban J connectivity index is 2.16. The highest BCUT2D eigenvalue weighted by atomic mass is 32.1. The summed E-state index contributed by atoms with van der Waals surface area (Å²) in [6.07, 6.45) is 0. The van der Waals surface area contributed by atoms with E-state index < -0.39 is 0 Å². The second-order valence-electron chi connectivity index (χ2n) is 5.99. The highest BCUT2D eigenvalue weighted by Crippen LogP contribution is 2.26. The maximum atomic E-state index is 5.87. The van der Waals surface area contributed by atoms with Crippen LogP contribution in [0.4, 0.5) is 11.4 Å². The van der Waals surface area contributed by atoms with Crippen molar-refractivity contribution in [2.24, 2.45) is 0 Å². The highest BCUT2D eigenvalue weighted by molar-refractivity contribution is 7.09. The van der Waals surface area contributed by atoms with Crippen LogP contribution in [0.2, 0.25) is 0 Å². The van der Waals surface area contributed by atoms with Crippen LogP contribution in [0, 0.1) is 0 Å². The molecular weight excluding hydrogens is 266 g/mol. The van der Waals surface area contributed by atoms with Gasteiger partial charge in [-0.1, -0.05) is 26.8 Å². The first-order valence-electron chi connectivity index (χ1n) is 6.95. The Morgan fingerprint density at radius 3 is 2.60 bits per heavy atom. The fourth-order valence-corrected chi connectivity index (χ4v) is 3.03. The number of hydrogen-bond donors (Lipinski definition) is 1. The zero-order valence-electron chi connectivity index (χ0n) is 12.7. The Morgan fingerprint density at radius 1 is 1.30 bits per heavy atom. The monoisotopic (exact) mass is 289 g/mol. The minimum atomic E-state index is 0.114. The number of anilines is 2. The lowest BCUT2D eigenvalue weighted by molar-refractivity contribution is 0.570. The molecule has 3 nitrogen and oxygen atoms in total. The van der Waals surface area contributed by atoms with Gasteiger partial charge in [-0.05, 0) is 25.1 Å². The van der Waals surface area contributed by atoms with Gasteiger partial charge in [0.15, 0.2) is 0 Å². The minimum absolute atomic E-state index is 0.114. The molecule has 0 atom stereocenters. The summed E-state index contributed by atoms with van der Waals surface area (Å²) in [5.41, 5.74) is 9.10. The van der Waals surface area contributed by atoms with Gasteiger partial charge < -0.3 is 10.6 Å². The van der Waals surface area contributed by atoms with Crippen molar-refractivity contribution < 1.29 is 0 Å². The van der Waals surface area contributed by atoms with Gasteiger partial charge in [0.05, 0.1) is 12.2 Å². The molecule has 0 unspecified atom stereocenters. The van der Waals surface area contributed by atoms with Crippen LogP contribution in [0.3, 0.4) is 0 Å². The molecule has 0 spiro atoms. The van der Waals surface area contributed by atoms with Gasteiger partial charge >= 0.3 is 0 Å². The van der Waals surface area contributed by atoms with Gasteiger partial charge in [0.25, 0.3) is 0 Å². The van der Waals surface area contributed by atoms with Crippen LogP contribution >= 0.6 is 11.3 Å². The topological polar surface area (TPSA) is 42.2 Å². The summed E-state index contributed by atoms with van der Waals surface area (Å²) in [6.45, 7) is 10.5. The average molecular weight is 289 g/mol. The maximum absolute atomic E-state index is 5.87. The third-order valence-corrected chi connectivity index (χ3v) is 4.10. The Morgan fingerprint density at radius 2 is 2.05 bits per heavy atom. The number of aromatic nitrogens is 1. The number of nitrogens with zero attached hydrogens (tertiary/aromatic N) is 2. The molecule has 1 aromatic heterocycles. The summed E-state index contributed by atoms with van der Waals surface area (Å²) in [6, 6.07) is 8.02. The molecule has 0 bridgehead atoms. The lowest BCUT2D eigenvalue weighted by Crippen LogP contribution is -2.22. The SMILES string of the molecule is CCN(Cc1nc(C(C)(C)C)cs1)c1cccc(N)c1. The predicted octanol–water partition coefficient (Wildman–Crippen LogP) is 4.05. The zero-order valence-corrected chi connectivity index (χ0v) is 13.5. The molecule has 1 heterocycles. The lowest BCUT2D eigenvalue weighted by atomic mass is 9.93. The molecule has 0 aliphatic rings. The molecule has 1 aromatic carbocycles. The summed E-state index contributed by atoms with van der Waals surface area (Å²) in [5.74, 6) is 0. The van der Waals surface area contributed by atoms with Crippen LogP contribution in [0.15, 0.2) is 29.6 Å². The normalized spacial score (nSPS) is 11.6. The number of rotatable bonds is 4. The summed E-state index contributed by atoms with van der Waals surface area (Å²) in [5, 5.41) is 3.32. The molecule has 2 aromatic rings. The van der Waals surface area contributed by atoms with Crippen molar-refractivity contribution in [1.29, 1.82) is 0 Å². The van der Waals surface area contributed by atoms with E-state index in [0.29, 0.717) is 0 Å². The smallest absolute Gasteiger partial charge is 0.112 e. The molecule has 0 aliphatic carbocycles. The Hall–Kier alpha value is -1.55. The van der Waals surface area contributed by atoms with Gasteiger partial charge in [-0.15, -0.1) is 11.3 Å². The predicted molar refractivity (Wildman–Crippen MR) is 88.4 cm³/mol. The van der Waals surface area contributed by atoms with Crippen molar-refractivity contribution in [2.45, 2.75) is 39.7 Å². The standard InChI is InChI=1S/C16H23N3S/c1-5-19(13-8-6-7-12(17)9-13)10-15-18-14(11-20-15)16(2,3)4/h6-9,11H,5,10,17H2,1-4H3. The fraction of sp³-hybridized carbons (Fsp3) is 0.438. The largest absolute Gasteiger partial charge is 0.399 e. The molecule has 108 valence electrons. The Bertz CT molecular complexity index is 569. The minimum Gasteiger partial charge on any atom is -0.399 e. The first-order chi connectivity index (χ1) is 9.40. The molecule has 0 saturated heterocycles. The van der Waals surface area contributed by atoms with Crippen molar-refractivity contribution in [3.8, 4) is 0 Å². The van der Waals surface area contributed by atoms with Gasteiger partial charge in [0, 0.05) is 28.7 Å². The number of hydrogen-bond acceptors (Lipinski definition) is 4. The second kappa shape index (κ2) is 5.83. The summed E-state index contributed by atoms with van der Waals surface area (Å²) in [4.78, 5) is 7.06. The van der Waals surface area contributed by atoms with Crippen molar-refractivity contribution in [2.75, 3.05) is 17.2 Å². The van der Waals surface area contributed by atoms with E-state index in [1.165, 1.54) is 5.69 Å². The van der Waals surface area contributed by atoms with Crippen LogP contribution < -0.4 is 10.6 Å². The van der Waals surface area contributed by atoms with E-state index in [0.717, 1.165) is 29.5 Å². The van der Waals surface area contributed by atoms with E-state index in [4.69, 9.17) is 10.7 Å². The number of nitrogen functional groups attached to an aromatic ring is 1. The molecule has 2 N–H and O–H groups in total. The van der Waals surface area contributed by atoms with Crippen LogP contribution in [-0.2, 0) is 12.0 Å². The molecule has 4 heteroatoms. The molecule has 0 amide bonds. The number of thiazole rings is 1. The molecule has 0 aliphatic heterocycles. The molecule has 20 heavy (non-hydrogen) atoms. The molecule has 2 rings (SSSR count). The van der Waals surface area contributed by atoms with E-state index in [-0.39, 0.29) is 5.41 Å². The van der Waals surface area contributed by atoms with E-state index in [9.17, 15) is 0 Å². The third kappa shape index (κ3) is 3.51. The Kier molecular flexibility index (Phi) is 4.33. The fourth-order valence-electron chi connectivity index (χ4n) is 2.00. The van der Waals surface area contributed by atoms with Crippen LogP contribution in [0.5, 0.6) is 0 Å². The third-order valence-electron chi connectivity index (χ3n) is 3.26. The van der Waals surface area contributed by atoms with E-state index in [2.05, 4.69) is 44.0 Å². The quantitative estimate of drug-likeness (QED) is 0.863. The molecular formula is C16H23N3S. The van der Waals surface area contributed by atoms with Crippen LogP contribution in [0.25, 0.3) is 0 Å². The highest BCUT2D eigenvalue weighted by Gasteiger charge is 2.18. The summed E-state index contributed by atoms with van der Waals surface area (Å²) < 4.78 is 0. The molecule has 0 saturated carbocycles. The summed E-state index contributed by atoms with van der Waals surface area (Å²) >= 11 is 1.73. The van der Waals surface area contributed by atoms with E-state index >= 15 is 0 Å². The zero-order chi connectivity index (χ0) is 14.8. The molecule has 0 radical (unpaired) electrons. The molecule has 0 fully saturated rings. The maximum Gasteiger partial charge on any atom is 0.112 e. The van der Waals surface area contributed by atoms with Gasteiger partial charge in [-0.3, -0.25) is 0 Å². The van der Waals surface area contributed by atoms with Crippen LogP contribution in [0.1, 0.15) is 38.4 Å². The van der Waals surface area contributed by atoms with Crippen molar-refractivity contribution in [3.05, 3.63) is 40.3 Å². The van der Waals surface area contributed by atoms with Gasteiger partial charge in [0.2, 0.25) is 0 Å².